The van der Waals surface area contributed by atoms with Gasteiger partial charge in [-0.25, -0.2) is 9.59 Å². The van der Waals surface area contributed by atoms with Gasteiger partial charge in [-0.15, -0.1) is 6.58 Å². The van der Waals surface area contributed by atoms with Crippen molar-refractivity contribution in [3.05, 3.63) is 37.0 Å². The Morgan fingerprint density at radius 2 is 1.88 bits per heavy atom. The van der Waals surface area contributed by atoms with E-state index in [4.69, 9.17) is 14.2 Å². The highest BCUT2D eigenvalue weighted by molar-refractivity contribution is 5.93. The molecule has 0 radical (unpaired) electrons. The summed E-state index contributed by atoms with van der Waals surface area (Å²) in [5.41, 5.74) is -6.34. The van der Waals surface area contributed by atoms with Crippen LogP contribution in [-0.2, 0) is 28.6 Å². The van der Waals surface area contributed by atoms with E-state index in [0.29, 0.717) is 18.4 Å². The Hall–Kier alpha value is -2.29. The molecule has 33 heavy (non-hydrogen) atoms. The van der Waals surface area contributed by atoms with Crippen LogP contribution in [0.15, 0.2) is 37.0 Å². The number of fused-ring (bicyclic) bond motifs is 3. The zero-order chi connectivity index (χ0) is 25.0. The lowest BCUT2D eigenvalue weighted by Gasteiger charge is -2.66. The Labute approximate surface area is 194 Å². The van der Waals surface area contributed by atoms with E-state index in [9.17, 15) is 24.6 Å². The van der Waals surface area contributed by atoms with Crippen molar-refractivity contribution in [2.24, 2.45) is 10.8 Å². The predicted molar refractivity (Wildman–Crippen MR) is 119 cm³/mol. The van der Waals surface area contributed by atoms with Crippen LogP contribution >= 0.6 is 0 Å². The van der Waals surface area contributed by atoms with Crippen molar-refractivity contribution < 1.29 is 38.8 Å². The first-order valence-corrected chi connectivity index (χ1v) is 11.1. The number of esters is 2. The zero-order valence-corrected chi connectivity index (χ0v) is 20.0. The van der Waals surface area contributed by atoms with Gasteiger partial charge in [0.15, 0.2) is 24.1 Å². The molecule has 0 amide bonds. The SMILES string of the molecule is C=CC(=O)OCC(=O)O[C@H]1C=C2C(C)(C)CC[C@H](O)[C@]2(C)[C@@]2(O)C(=O)C[C@](C)(C=C)O[C@]12C. The summed E-state index contributed by atoms with van der Waals surface area (Å²) in [7, 11) is 0. The maximum Gasteiger partial charge on any atom is 0.344 e. The molecule has 1 heterocycles. The molecule has 3 aliphatic rings. The number of aliphatic hydroxyl groups is 2. The molecule has 1 saturated heterocycles. The zero-order valence-electron chi connectivity index (χ0n) is 20.0. The fourth-order valence-corrected chi connectivity index (χ4v) is 5.96. The maximum atomic E-state index is 13.7. The summed E-state index contributed by atoms with van der Waals surface area (Å²) in [5, 5.41) is 23.4. The third kappa shape index (κ3) is 3.50. The number of ketones is 1. The molecular weight excluding hydrogens is 428 g/mol. The van der Waals surface area contributed by atoms with Gasteiger partial charge in [-0.3, -0.25) is 4.79 Å². The minimum absolute atomic E-state index is 0.157. The molecule has 8 nitrogen and oxygen atoms in total. The van der Waals surface area contributed by atoms with Crippen LogP contribution in [0.1, 0.15) is 53.9 Å². The van der Waals surface area contributed by atoms with E-state index in [1.807, 2.05) is 13.8 Å². The molecule has 2 N–H and O–H groups in total. The number of rotatable bonds is 5. The summed E-state index contributed by atoms with van der Waals surface area (Å²) in [6, 6.07) is 0. The highest BCUT2D eigenvalue weighted by Crippen LogP contribution is 2.64. The van der Waals surface area contributed by atoms with E-state index >= 15 is 0 Å². The Balaban J connectivity index is 2.18. The summed E-state index contributed by atoms with van der Waals surface area (Å²) in [6.45, 7) is 15.1. The van der Waals surface area contributed by atoms with Crippen LogP contribution in [-0.4, -0.2) is 63.6 Å². The summed E-state index contributed by atoms with van der Waals surface area (Å²) in [6.07, 6.45) is 2.69. The van der Waals surface area contributed by atoms with E-state index in [0.717, 1.165) is 6.08 Å². The number of Topliss-reactive ketones (excluding diaryl/α,β-unsaturated/α-hetero) is 1. The number of carbonyl (C=O) groups is 3. The minimum Gasteiger partial charge on any atom is -0.452 e. The summed E-state index contributed by atoms with van der Waals surface area (Å²) >= 11 is 0. The molecule has 0 aromatic rings. The topological polar surface area (TPSA) is 119 Å². The van der Waals surface area contributed by atoms with Crippen molar-refractivity contribution in [1.82, 2.24) is 0 Å². The van der Waals surface area contributed by atoms with Gasteiger partial charge in [0.05, 0.1) is 17.1 Å². The standard InChI is InChI=1S/C25H34O8/c1-8-19(28)31-14-20(29)32-18-12-15-21(3,4)11-10-16(26)23(15,6)25(30)17(27)13-22(5,9-2)33-24(18,25)7/h8-9,12,16,18,26,30H,1-2,10-11,13-14H2,3-7H3/t16-,18-,22-,23+,24+,25-/m0/s1. The number of aliphatic hydroxyl groups excluding tert-OH is 1. The van der Waals surface area contributed by atoms with Gasteiger partial charge in [0, 0.05) is 12.5 Å². The third-order valence-electron chi connectivity index (χ3n) is 7.88. The fourth-order valence-electron chi connectivity index (χ4n) is 5.96. The molecule has 1 aliphatic heterocycles. The average molecular weight is 463 g/mol. The van der Waals surface area contributed by atoms with Gasteiger partial charge in [-0.1, -0.05) is 32.1 Å². The molecule has 1 saturated carbocycles. The normalized spacial score (nSPS) is 41.7. The number of hydrogen-bond acceptors (Lipinski definition) is 8. The van der Waals surface area contributed by atoms with Crippen LogP contribution in [0.3, 0.4) is 0 Å². The van der Waals surface area contributed by atoms with E-state index in [-0.39, 0.29) is 6.42 Å². The van der Waals surface area contributed by atoms with Gasteiger partial charge in [0.2, 0.25) is 0 Å². The van der Waals surface area contributed by atoms with Gasteiger partial charge in [-0.05, 0) is 45.1 Å². The first-order chi connectivity index (χ1) is 15.1. The van der Waals surface area contributed by atoms with E-state index in [2.05, 4.69) is 13.2 Å². The van der Waals surface area contributed by atoms with Crippen molar-refractivity contribution in [3.63, 3.8) is 0 Å². The van der Waals surface area contributed by atoms with Crippen molar-refractivity contribution in [3.8, 4) is 0 Å². The third-order valence-corrected chi connectivity index (χ3v) is 7.88. The first-order valence-electron chi connectivity index (χ1n) is 11.1. The molecule has 0 spiro atoms. The van der Waals surface area contributed by atoms with Crippen LogP contribution in [0.5, 0.6) is 0 Å². The lowest BCUT2D eigenvalue weighted by atomic mass is 9.44. The smallest absolute Gasteiger partial charge is 0.344 e. The molecule has 6 atom stereocenters. The average Bonchev–Trinajstić information content (AvgIpc) is 2.74. The molecule has 0 unspecified atom stereocenters. The van der Waals surface area contributed by atoms with Crippen molar-refractivity contribution >= 4 is 17.7 Å². The van der Waals surface area contributed by atoms with E-state index < -0.39 is 64.2 Å². The minimum atomic E-state index is -2.20. The van der Waals surface area contributed by atoms with Crippen LogP contribution in [0.4, 0.5) is 0 Å². The Morgan fingerprint density at radius 1 is 1.24 bits per heavy atom. The number of carbonyl (C=O) groups excluding carboxylic acids is 3. The summed E-state index contributed by atoms with van der Waals surface area (Å²) in [5.74, 6) is -2.19. The molecule has 0 aromatic heterocycles. The van der Waals surface area contributed by atoms with Crippen molar-refractivity contribution in [1.29, 1.82) is 0 Å². The molecule has 0 bridgehead atoms. The summed E-state index contributed by atoms with van der Waals surface area (Å²) in [4.78, 5) is 37.6. The Kier molecular flexibility index (Phi) is 6.06. The molecule has 182 valence electrons. The molecule has 8 heteroatoms. The lowest BCUT2D eigenvalue weighted by Crippen LogP contribution is -2.81. The number of hydrogen-bond donors (Lipinski definition) is 2. The molecule has 3 rings (SSSR count). The second kappa shape index (κ2) is 7.89. The fraction of sp³-hybridized carbons (Fsp3) is 0.640. The lowest BCUT2D eigenvalue weighted by molar-refractivity contribution is -0.305. The number of ether oxygens (including phenoxy) is 3. The summed E-state index contributed by atoms with van der Waals surface area (Å²) < 4.78 is 16.8. The molecule has 0 aromatic carbocycles. The maximum absolute atomic E-state index is 13.7. The van der Waals surface area contributed by atoms with Crippen LogP contribution in [0, 0.1) is 10.8 Å². The second-order valence-corrected chi connectivity index (χ2v) is 10.5. The van der Waals surface area contributed by atoms with Gasteiger partial charge in [-0.2, -0.15) is 0 Å². The molecule has 2 fully saturated rings. The van der Waals surface area contributed by atoms with E-state index in [1.165, 1.54) is 13.0 Å². The van der Waals surface area contributed by atoms with Gasteiger partial charge in [0.1, 0.15) is 5.60 Å². The predicted octanol–water partition coefficient (Wildman–Crippen LogP) is 2.18. The van der Waals surface area contributed by atoms with Gasteiger partial charge >= 0.3 is 11.9 Å². The first kappa shape index (κ1) is 25.3. The highest BCUT2D eigenvalue weighted by Gasteiger charge is 2.76. The Bertz CT molecular complexity index is 935. The largest absolute Gasteiger partial charge is 0.452 e. The quantitative estimate of drug-likeness (QED) is 0.362. The van der Waals surface area contributed by atoms with E-state index in [1.54, 1.807) is 19.9 Å². The van der Waals surface area contributed by atoms with Gasteiger partial charge in [0.25, 0.3) is 0 Å². The Morgan fingerprint density at radius 3 is 2.45 bits per heavy atom. The molecule has 2 aliphatic carbocycles. The van der Waals surface area contributed by atoms with Crippen molar-refractivity contribution in [2.45, 2.75) is 82.9 Å². The van der Waals surface area contributed by atoms with Gasteiger partial charge < -0.3 is 24.4 Å². The monoisotopic (exact) mass is 462 g/mol. The second-order valence-electron chi connectivity index (χ2n) is 10.5. The highest BCUT2D eigenvalue weighted by atomic mass is 16.6. The van der Waals surface area contributed by atoms with Crippen LogP contribution in [0.2, 0.25) is 0 Å². The van der Waals surface area contributed by atoms with Crippen LogP contribution in [0.25, 0.3) is 0 Å². The van der Waals surface area contributed by atoms with Crippen LogP contribution < -0.4 is 0 Å². The molecular formula is C25H34O8. The van der Waals surface area contributed by atoms with Crippen molar-refractivity contribution in [2.75, 3.05) is 6.61 Å².